The zero-order chi connectivity index (χ0) is 13.8. The van der Waals surface area contributed by atoms with Crippen molar-refractivity contribution in [3.8, 4) is 0 Å². The fourth-order valence-corrected chi connectivity index (χ4v) is 2.27. The van der Waals surface area contributed by atoms with Crippen molar-refractivity contribution in [2.45, 2.75) is 12.8 Å². The van der Waals surface area contributed by atoms with Gasteiger partial charge in [0.2, 0.25) is 0 Å². The van der Waals surface area contributed by atoms with Gasteiger partial charge in [-0.2, -0.15) is 0 Å². The molecule has 0 radical (unpaired) electrons. The maximum absolute atomic E-state index is 12.1. The van der Waals surface area contributed by atoms with E-state index < -0.39 is 0 Å². The van der Waals surface area contributed by atoms with Crippen LogP contribution in [0.15, 0.2) is 17.0 Å². The molecule has 0 atom stereocenters. The van der Waals surface area contributed by atoms with E-state index in [4.69, 9.17) is 4.74 Å². The fourth-order valence-electron chi connectivity index (χ4n) is 2.07. The summed E-state index contributed by atoms with van der Waals surface area (Å²) in [5.74, 6) is -0.455. The van der Waals surface area contributed by atoms with Gasteiger partial charge in [0.25, 0.3) is 5.91 Å². The summed E-state index contributed by atoms with van der Waals surface area (Å²) in [5, 5.41) is 0. The number of halogens is 1. The van der Waals surface area contributed by atoms with E-state index in [1.807, 2.05) is 0 Å². The Morgan fingerprint density at radius 3 is 2.53 bits per heavy atom. The summed E-state index contributed by atoms with van der Waals surface area (Å²) >= 11 is 3.17. The summed E-state index contributed by atoms with van der Waals surface area (Å²) in [4.78, 5) is 33.3. The molecule has 1 aliphatic heterocycles. The zero-order valence-electron chi connectivity index (χ0n) is 10.5. The minimum absolute atomic E-state index is 0.106. The monoisotopic (exact) mass is 327 g/mol. The molecular weight excluding hydrogens is 314 g/mol. The second kappa shape index (κ2) is 6.10. The topological polar surface area (TPSA) is 72.4 Å². The number of piperidine rings is 1. The predicted octanol–water partition coefficient (Wildman–Crippen LogP) is 1.26. The van der Waals surface area contributed by atoms with Crippen LogP contribution in [0, 0.1) is 5.92 Å². The highest BCUT2D eigenvalue weighted by Gasteiger charge is 2.28. The van der Waals surface area contributed by atoms with Gasteiger partial charge >= 0.3 is 5.97 Å². The van der Waals surface area contributed by atoms with Crippen LogP contribution in [0.4, 0.5) is 0 Å². The summed E-state index contributed by atoms with van der Waals surface area (Å²) in [5.41, 5.74) is 0.319. The Morgan fingerprint density at radius 1 is 1.32 bits per heavy atom. The highest BCUT2D eigenvalue weighted by molar-refractivity contribution is 9.10. The Morgan fingerprint density at radius 2 is 2.00 bits per heavy atom. The molecule has 2 rings (SSSR count). The number of carbonyl (C=O) groups excluding carboxylic acids is 2. The summed E-state index contributed by atoms with van der Waals surface area (Å²) in [6.45, 7) is 1.08. The van der Waals surface area contributed by atoms with Gasteiger partial charge in [0.05, 0.1) is 25.4 Å². The number of aromatic nitrogens is 2. The SMILES string of the molecule is COC(=O)C1CCN(C(=O)c2cnc(Br)cn2)CC1. The van der Waals surface area contributed by atoms with Gasteiger partial charge in [-0.3, -0.25) is 9.59 Å². The molecule has 6 nitrogen and oxygen atoms in total. The number of carbonyl (C=O) groups is 2. The van der Waals surface area contributed by atoms with E-state index in [1.54, 1.807) is 4.90 Å². The highest BCUT2D eigenvalue weighted by atomic mass is 79.9. The molecule has 0 spiro atoms. The van der Waals surface area contributed by atoms with Crippen molar-refractivity contribution < 1.29 is 14.3 Å². The lowest BCUT2D eigenvalue weighted by atomic mass is 9.97. The van der Waals surface area contributed by atoms with Crippen LogP contribution in [-0.2, 0) is 9.53 Å². The molecule has 0 unspecified atom stereocenters. The number of nitrogens with zero attached hydrogens (tertiary/aromatic N) is 3. The van der Waals surface area contributed by atoms with Crippen LogP contribution in [0.25, 0.3) is 0 Å². The van der Waals surface area contributed by atoms with E-state index >= 15 is 0 Å². The van der Waals surface area contributed by atoms with Crippen LogP contribution in [-0.4, -0.2) is 46.9 Å². The normalized spacial score (nSPS) is 16.2. The Labute approximate surface area is 119 Å². The Balaban J connectivity index is 1.96. The fraction of sp³-hybridized carbons (Fsp3) is 0.500. The predicted molar refractivity (Wildman–Crippen MR) is 70.4 cm³/mol. The van der Waals surface area contributed by atoms with Crippen molar-refractivity contribution in [3.05, 3.63) is 22.7 Å². The minimum Gasteiger partial charge on any atom is -0.469 e. The van der Waals surface area contributed by atoms with Gasteiger partial charge in [-0.1, -0.05) is 0 Å². The van der Waals surface area contributed by atoms with Crippen LogP contribution in [0.1, 0.15) is 23.3 Å². The Bertz CT molecular complexity index is 470. The molecule has 2 heterocycles. The van der Waals surface area contributed by atoms with Crippen molar-refractivity contribution in [2.24, 2.45) is 5.92 Å². The van der Waals surface area contributed by atoms with Crippen LogP contribution in [0.5, 0.6) is 0 Å². The molecule has 0 aromatic carbocycles. The van der Waals surface area contributed by atoms with Crippen LogP contribution in [0.3, 0.4) is 0 Å². The van der Waals surface area contributed by atoms with Crippen molar-refractivity contribution in [1.29, 1.82) is 0 Å². The maximum Gasteiger partial charge on any atom is 0.308 e. The molecule has 1 saturated heterocycles. The molecular formula is C12H14BrN3O3. The quantitative estimate of drug-likeness (QED) is 0.765. The number of hydrogen-bond acceptors (Lipinski definition) is 5. The molecule has 1 aliphatic rings. The Kier molecular flexibility index (Phi) is 4.47. The van der Waals surface area contributed by atoms with E-state index in [0.717, 1.165) is 0 Å². The van der Waals surface area contributed by atoms with E-state index in [0.29, 0.717) is 36.2 Å². The molecule has 19 heavy (non-hydrogen) atoms. The van der Waals surface area contributed by atoms with Gasteiger partial charge in [-0.25, -0.2) is 9.97 Å². The number of amides is 1. The third kappa shape index (κ3) is 3.28. The summed E-state index contributed by atoms with van der Waals surface area (Å²) in [6.07, 6.45) is 4.19. The Hall–Kier alpha value is -1.50. The maximum atomic E-state index is 12.1. The number of likely N-dealkylation sites (tertiary alicyclic amines) is 1. The zero-order valence-corrected chi connectivity index (χ0v) is 12.1. The average Bonchev–Trinajstić information content (AvgIpc) is 2.46. The number of hydrogen-bond donors (Lipinski definition) is 0. The molecule has 7 heteroatoms. The van der Waals surface area contributed by atoms with E-state index in [-0.39, 0.29) is 17.8 Å². The van der Waals surface area contributed by atoms with Crippen molar-refractivity contribution >= 4 is 27.8 Å². The average molecular weight is 328 g/mol. The third-order valence-electron chi connectivity index (χ3n) is 3.16. The van der Waals surface area contributed by atoms with Gasteiger partial charge in [0.1, 0.15) is 10.3 Å². The first kappa shape index (κ1) is 13.9. The molecule has 0 N–H and O–H groups in total. The molecule has 1 fully saturated rings. The van der Waals surface area contributed by atoms with Crippen LogP contribution in [0.2, 0.25) is 0 Å². The van der Waals surface area contributed by atoms with Crippen molar-refractivity contribution in [1.82, 2.24) is 14.9 Å². The molecule has 1 amide bonds. The van der Waals surface area contributed by atoms with Crippen molar-refractivity contribution in [3.63, 3.8) is 0 Å². The summed E-state index contributed by atoms with van der Waals surface area (Å²) in [7, 11) is 1.39. The van der Waals surface area contributed by atoms with Gasteiger partial charge in [-0.15, -0.1) is 0 Å². The molecule has 0 saturated carbocycles. The molecule has 102 valence electrons. The first-order valence-corrected chi connectivity index (χ1v) is 6.75. The van der Waals surface area contributed by atoms with Gasteiger partial charge in [0.15, 0.2) is 0 Å². The van der Waals surface area contributed by atoms with Crippen LogP contribution >= 0.6 is 15.9 Å². The second-order valence-electron chi connectivity index (χ2n) is 4.31. The highest BCUT2D eigenvalue weighted by Crippen LogP contribution is 2.19. The summed E-state index contributed by atoms with van der Waals surface area (Å²) < 4.78 is 5.30. The first-order valence-electron chi connectivity index (χ1n) is 5.96. The van der Waals surface area contributed by atoms with Gasteiger partial charge < -0.3 is 9.64 Å². The molecule has 1 aromatic heterocycles. The smallest absolute Gasteiger partial charge is 0.308 e. The van der Waals surface area contributed by atoms with Crippen molar-refractivity contribution in [2.75, 3.05) is 20.2 Å². The number of ether oxygens (including phenoxy) is 1. The second-order valence-corrected chi connectivity index (χ2v) is 5.13. The number of esters is 1. The number of rotatable bonds is 2. The lowest BCUT2D eigenvalue weighted by Gasteiger charge is -2.30. The summed E-state index contributed by atoms with van der Waals surface area (Å²) in [6, 6.07) is 0. The van der Waals surface area contributed by atoms with E-state index in [9.17, 15) is 9.59 Å². The molecule has 0 bridgehead atoms. The molecule has 1 aromatic rings. The first-order chi connectivity index (χ1) is 9.11. The molecule has 0 aliphatic carbocycles. The lowest BCUT2D eigenvalue weighted by molar-refractivity contribution is -0.146. The van der Waals surface area contributed by atoms with E-state index in [1.165, 1.54) is 19.5 Å². The standard InChI is InChI=1S/C12H14BrN3O3/c1-19-12(18)8-2-4-16(5-3-8)11(17)9-6-15-10(13)7-14-9/h6-8H,2-5H2,1H3. The van der Waals surface area contributed by atoms with E-state index in [2.05, 4.69) is 25.9 Å². The van der Waals surface area contributed by atoms with Gasteiger partial charge in [-0.05, 0) is 28.8 Å². The van der Waals surface area contributed by atoms with Crippen LogP contribution < -0.4 is 0 Å². The largest absolute Gasteiger partial charge is 0.469 e. The third-order valence-corrected chi connectivity index (χ3v) is 3.57. The number of methoxy groups -OCH3 is 1. The van der Waals surface area contributed by atoms with Gasteiger partial charge in [0, 0.05) is 13.1 Å². The lowest BCUT2D eigenvalue weighted by Crippen LogP contribution is -2.40. The minimum atomic E-state index is -0.199.